The number of para-hydroxylation sites is 1. The molecule has 0 aliphatic rings. The summed E-state index contributed by atoms with van der Waals surface area (Å²) in [6, 6.07) is 18.5. The van der Waals surface area contributed by atoms with Crippen molar-refractivity contribution >= 4 is 22.5 Å². The van der Waals surface area contributed by atoms with Crippen molar-refractivity contribution in [1.82, 2.24) is 19.7 Å². The summed E-state index contributed by atoms with van der Waals surface area (Å²) in [4.78, 5) is 11.2. The molecule has 0 unspecified atom stereocenters. The predicted molar refractivity (Wildman–Crippen MR) is 101 cm³/mol. The minimum atomic E-state index is 0.809. The molecule has 0 radical (unpaired) electrons. The predicted octanol–water partition coefficient (Wildman–Crippen LogP) is 4.28. The van der Waals surface area contributed by atoms with Crippen LogP contribution in [0.25, 0.3) is 16.7 Å². The topological polar surface area (TPSA) is 46.8 Å². The summed E-state index contributed by atoms with van der Waals surface area (Å²) in [7, 11) is 0. The van der Waals surface area contributed by atoms with E-state index in [4.69, 9.17) is 0 Å². The molecule has 0 saturated carbocycles. The van der Waals surface area contributed by atoms with Crippen molar-refractivity contribution in [2.45, 2.75) is 13.8 Å². The van der Waals surface area contributed by atoms with Gasteiger partial charge < -0.3 is 4.90 Å². The molecule has 0 bridgehead atoms. The summed E-state index contributed by atoms with van der Waals surface area (Å²) in [5.74, 6) is 0.872. The SMILES string of the molecule is CCN(c1ccccc1)c1ncnc2c1cnn2-c1ccc(C)cc1. The fraction of sp³-hybridized carbons (Fsp3) is 0.150. The first-order chi connectivity index (χ1) is 12.3. The zero-order valence-electron chi connectivity index (χ0n) is 14.3. The number of benzene rings is 2. The van der Waals surface area contributed by atoms with Crippen molar-refractivity contribution in [2.75, 3.05) is 11.4 Å². The number of hydrogen-bond acceptors (Lipinski definition) is 4. The van der Waals surface area contributed by atoms with Crippen molar-refractivity contribution < 1.29 is 0 Å². The molecular formula is C20H19N5. The van der Waals surface area contributed by atoms with Crippen molar-refractivity contribution in [3.8, 4) is 5.69 Å². The lowest BCUT2D eigenvalue weighted by atomic mass is 10.2. The average molecular weight is 329 g/mol. The summed E-state index contributed by atoms with van der Waals surface area (Å²) in [6.45, 7) is 5.00. The quantitative estimate of drug-likeness (QED) is 0.560. The van der Waals surface area contributed by atoms with Crippen molar-refractivity contribution in [2.24, 2.45) is 0 Å². The number of nitrogens with zero attached hydrogens (tertiary/aromatic N) is 5. The second kappa shape index (κ2) is 6.36. The Hall–Kier alpha value is -3.21. The average Bonchev–Trinajstić information content (AvgIpc) is 3.09. The maximum absolute atomic E-state index is 4.55. The van der Waals surface area contributed by atoms with Gasteiger partial charge in [-0.1, -0.05) is 35.9 Å². The Morgan fingerprint density at radius 1 is 0.960 bits per heavy atom. The van der Waals surface area contributed by atoms with Gasteiger partial charge in [-0.25, -0.2) is 14.6 Å². The maximum Gasteiger partial charge on any atom is 0.168 e. The lowest BCUT2D eigenvalue weighted by molar-refractivity contribution is 0.893. The molecule has 0 N–H and O–H groups in total. The fourth-order valence-corrected chi connectivity index (χ4v) is 2.98. The van der Waals surface area contributed by atoms with Gasteiger partial charge in [0.2, 0.25) is 0 Å². The highest BCUT2D eigenvalue weighted by atomic mass is 15.3. The largest absolute Gasteiger partial charge is 0.326 e. The third-order valence-electron chi connectivity index (χ3n) is 4.26. The molecule has 5 nitrogen and oxygen atoms in total. The zero-order valence-corrected chi connectivity index (χ0v) is 14.3. The highest BCUT2D eigenvalue weighted by molar-refractivity contribution is 5.89. The lowest BCUT2D eigenvalue weighted by Gasteiger charge is -2.22. The van der Waals surface area contributed by atoms with Crippen LogP contribution in [0.15, 0.2) is 67.1 Å². The van der Waals surface area contributed by atoms with Gasteiger partial charge in [0.25, 0.3) is 0 Å². The van der Waals surface area contributed by atoms with Gasteiger partial charge in [0.05, 0.1) is 17.3 Å². The standard InChI is InChI=1S/C20H19N5/c1-3-24(16-7-5-4-6-8-16)19-18-13-23-25(20(18)22-14-21-19)17-11-9-15(2)10-12-17/h4-14H,3H2,1-2H3. The van der Waals surface area contributed by atoms with Crippen LogP contribution >= 0.6 is 0 Å². The Morgan fingerprint density at radius 3 is 2.44 bits per heavy atom. The Bertz CT molecular complexity index is 990. The van der Waals surface area contributed by atoms with E-state index in [2.05, 4.69) is 70.2 Å². The molecule has 5 heteroatoms. The van der Waals surface area contributed by atoms with E-state index < -0.39 is 0 Å². The summed E-state index contributed by atoms with van der Waals surface area (Å²) >= 11 is 0. The van der Waals surface area contributed by atoms with Crippen LogP contribution in [0.4, 0.5) is 11.5 Å². The summed E-state index contributed by atoms with van der Waals surface area (Å²) in [6.07, 6.45) is 3.45. The minimum Gasteiger partial charge on any atom is -0.326 e. The molecule has 0 saturated heterocycles. The molecule has 0 amide bonds. The smallest absolute Gasteiger partial charge is 0.168 e. The molecular weight excluding hydrogens is 310 g/mol. The first-order valence-corrected chi connectivity index (χ1v) is 8.36. The second-order valence-corrected chi connectivity index (χ2v) is 5.91. The van der Waals surface area contributed by atoms with Crippen molar-refractivity contribution in [3.05, 3.63) is 72.7 Å². The maximum atomic E-state index is 4.55. The van der Waals surface area contributed by atoms with Gasteiger partial charge in [-0.3, -0.25) is 0 Å². The summed E-state index contributed by atoms with van der Waals surface area (Å²) in [5.41, 5.74) is 4.13. The monoisotopic (exact) mass is 329 g/mol. The van der Waals surface area contributed by atoms with Crippen LogP contribution in [0.2, 0.25) is 0 Å². The number of hydrogen-bond donors (Lipinski definition) is 0. The molecule has 0 aliphatic heterocycles. The van der Waals surface area contributed by atoms with E-state index in [-0.39, 0.29) is 0 Å². The van der Waals surface area contributed by atoms with Crippen LogP contribution in [-0.2, 0) is 0 Å². The van der Waals surface area contributed by atoms with Crippen molar-refractivity contribution in [3.63, 3.8) is 0 Å². The van der Waals surface area contributed by atoms with Gasteiger partial charge >= 0.3 is 0 Å². The van der Waals surface area contributed by atoms with Crippen LogP contribution in [-0.4, -0.2) is 26.3 Å². The van der Waals surface area contributed by atoms with Crippen molar-refractivity contribution in [1.29, 1.82) is 0 Å². The molecule has 0 fully saturated rings. The van der Waals surface area contributed by atoms with Gasteiger partial charge in [-0.05, 0) is 38.1 Å². The molecule has 0 spiro atoms. The van der Waals surface area contributed by atoms with Crippen LogP contribution in [0.3, 0.4) is 0 Å². The Kier molecular flexibility index (Phi) is 3.90. The fourth-order valence-electron chi connectivity index (χ4n) is 2.98. The molecule has 25 heavy (non-hydrogen) atoms. The van der Waals surface area contributed by atoms with Crippen LogP contribution < -0.4 is 4.90 Å². The first kappa shape index (κ1) is 15.3. The highest BCUT2D eigenvalue weighted by Gasteiger charge is 2.16. The third kappa shape index (κ3) is 2.74. The minimum absolute atomic E-state index is 0.809. The molecule has 2 aromatic heterocycles. The number of rotatable bonds is 4. The van der Waals surface area contributed by atoms with E-state index in [1.54, 1.807) is 6.33 Å². The van der Waals surface area contributed by atoms with Gasteiger partial charge in [0, 0.05) is 12.2 Å². The number of aromatic nitrogens is 4. The molecule has 4 aromatic rings. The summed E-state index contributed by atoms with van der Waals surface area (Å²) in [5, 5.41) is 5.49. The van der Waals surface area contributed by atoms with E-state index in [9.17, 15) is 0 Å². The molecule has 2 aromatic carbocycles. The molecule has 2 heterocycles. The molecule has 0 aliphatic carbocycles. The van der Waals surface area contributed by atoms with E-state index >= 15 is 0 Å². The van der Waals surface area contributed by atoms with E-state index in [1.165, 1.54) is 5.56 Å². The third-order valence-corrected chi connectivity index (χ3v) is 4.26. The van der Waals surface area contributed by atoms with Gasteiger partial charge in [0.15, 0.2) is 5.65 Å². The lowest BCUT2D eigenvalue weighted by Crippen LogP contribution is -2.17. The van der Waals surface area contributed by atoms with E-state index in [1.807, 2.05) is 29.1 Å². The van der Waals surface area contributed by atoms with Gasteiger partial charge in [0.1, 0.15) is 12.1 Å². The molecule has 124 valence electrons. The van der Waals surface area contributed by atoms with Gasteiger partial charge in [-0.2, -0.15) is 5.10 Å². The van der Waals surface area contributed by atoms with Crippen LogP contribution in [0, 0.1) is 6.92 Å². The highest BCUT2D eigenvalue weighted by Crippen LogP contribution is 2.29. The van der Waals surface area contributed by atoms with Crippen LogP contribution in [0.1, 0.15) is 12.5 Å². The van der Waals surface area contributed by atoms with Crippen LogP contribution in [0.5, 0.6) is 0 Å². The summed E-state index contributed by atoms with van der Waals surface area (Å²) < 4.78 is 1.86. The molecule has 0 atom stereocenters. The number of fused-ring (bicyclic) bond motifs is 1. The molecule has 4 rings (SSSR count). The normalized spacial score (nSPS) is 11.0. The Labute approximate surface area is 146 Å². The number of anilines is 2. The van der Waals surface area contributed by atoms with E-state index in [0.29, 0.717) is 0 Å². The zero-order chi connectivity index (χ0) is 17.2. The first-order valence-electron chi connectivity index (χ1n) is 8.36. The number of aryl methyl sites for hydroxylation is 1. The second-order valence-electron chi connectivity index (χ2n) is 5.91. The Balaban J connectivity index is 1.85. The van der Waals surface area contributed by atoms with Gasteiger partial charge in [-0.15, -0.1) is 0 Å². The Morgan fingerprint density at radius 2 is 1.72 bits per heavy atom. The van der Waals surface area contributed by atoms with E-state index in [0.717, 1.165) is 34.8 Å².